The Balaban J connectivity index is 2.16. The molecule has 0 unspecified atom stereocenters. The Morgan fingerprint density at radius 1 is 1.18 bits per heavy atom. The van der Waals surface area contributed by atoms with Crippen molar-refractivity contribution in [3.63, 3.8) is 0 Å². The van der Waals surface area contributed by atoms with Gasteiger partial charge in [-0.1, -0.05) is 18.2 Å². The van der Waals surface area contributed by atoms with E-state index >= 15 is 0 Å². The van der Waals surface area contributed by atoms with Crippen LogP contribution in [0, 0.1) is 0 Å². The second kappa shape index (κ2) is 4.09. The van der Waals surface area contributed by atoms with Gasteiger partial charge in [-0.2, -0.15) is 0 Å². The first-order valence-corrected chi connectivity index (χ1v) is 5.93. The molecule has 1 fully saturated rings. The first-order valence-electron chi connectivity index (χ1n) is 5.93. The van der Waals surface area contributed by atoms with E-state index < -0.39 is 5.60 Å². The van der Waals surface area contributed by atoms with Gasteiger partial charge in [0.25, 0.3) is 0 Å². The van der Waals surface area contributed by atoms with Crippen molar-refractivity contribution in [1.29, 1.82) is 0 Å². The molecule has 0 radical (unpaired) electrons. The van der Waals surface area contributed by atoms with Crippen LogP contribution in [0.2, 0.25) is 0 Å². The predicted octanol–water partition coefficient (Wildman–Crippen LogP) is 2.23. The molecule has 1 saturated heterocycles. The standard InChI is InChI=1S/C14H15NO2/c16-14(5-8-17-9-6-14)13-3-1-2-11-10-15-7-4-12(11)13/h1-4,7,10,16H,5-6,8-9H2. The highest BCUT2D eigenvalue weighted by molar-refractivity contribution is 5.85. The van der Waals surface area contributed by atoms with E-state index in [0.29, 0.717) is 26.1 Å². The molecule has 0 saturated carbocycles. The minimum absolute atomic E-state index is 0.623. The molecule has 3 heteroatoms. The number of fused-ring (bicyclic) bond motifs is 1. The highest BCUT2D eigenvalue weighted by Crippen LogP contribution is 2.35. The third-order valence-electron chi connectivity index (χ3n) is 3.50. The van der Waals surface area contributed by atoms with Crippen LogP contribution in [0.4, 0.5) is 0 Å². The molecule has 0 amide bonds. The molecule has 3 nitrogen and oxygen atoms in total. The summed E-state index contributed by atoms with van der Waals surface area (Å²) in [5.41, 5.74) is 0.250. The summed E-state index contributed by atoms with van der Waals surface area (Å²) in [4.78, 5) is 4.12. The summed E-state index contributed by atoms with van der Waals surface area (Å²) in [7, 11) is 0. The molecule has 1 aliphatic heterocycles. The molecule has 0 aliphatic carbocycles. The Hall–Kier alpha value is -1.45. The number of hydrogen-bond donors (Lipinski definition) is 1. The lowest BCUT2D eigenvalue weighted by molar-refractivity contribution is -0.0669. The van der Waals surface area contributed by atoms with E-state index in [2.05, 4.69) is 4.98 Å². The zero-order chi connectivity index (χ0) is 11.7. The number of hydrogen-bond acceptors (Lipinski definition) is 3. The molecule has 2 aromatic rings. The summed E-state index contributed by atoms with van der Waals surface area (Å²) in [5, 5.41) is 12.9. The molecule has 2 heterocycles. The fourth-order valence-corrected chi connectivity index (χ4v) is 2.51. The summed E-state index contributed by atoms with van der Waals surface area (Å²) in [6.07, 6.45) is 4.93. The van der Waals surface area contributed by atoms with E-state index in [4.69, 9.17) is 4.74 Å². The molecular weight excluding hydrogens is 214 g/mol. The van der Waals surface area contributed by atoms with Crippen molar-refractivity contribution < 1.29 is 9.84 Å². The monoisotopic (exact) mass is 229 g/mol. The topological polar surface area (TPSA) is 42.4 Å². The van der Waals surface area contributed by atoms with Crippen LogP contribution in [0.1, 0.15) is 18.4 Å². The van der Waals surface area contributed by atoms with E-state index in [9.17, 15) is 5.11 Å². The van der Waals surface area contributed by atoms with Crippen LogP contribution in [-0.4, -0.2) is 23.3 Å². The number of ether oxygens (including phenoxy) is 1. The van der Waals surface area contributed by atoms with Gasteiger partial charge in [0, 0.05) is 43.8 Å². The number of pyridine rings is 1. The van der Waals surface area contributed by atoms with Gasteiger partial charge in [0.05, 0.1) is 5.60 Å². The quantitative estimate of drug-likeness (QED) is 0.815. The van der Waals surface area contributed by atoms with Gasteiger partial charge in [-0.05, 0) is 17.0 Å². The average Bonchev–Trinajstić information content (AvgIpc) is 2.39. The maximum absolute atomic E-state index is 10.7. The molecule has 1 aromatic carbocycles. The SMILES string of the molecule is OC1(c2cccc3cnccc23)CCOCC1. The number of aliphatic hydroxyl groups is 1. The van der Waals surface area contributed by atoms with E-state index in [1.165, 1.54) is 0 Å². The summed E-state index contributed by atoms with van der Waals surface area (Å²) >= 11 is 0. The highest BCUT2D eigenvalue weighted by atomic mass is 16.5. The minimum atomic E-state index is -0.751. The zero-order valence-corrected chi connectivity index (χ0v) is 9.60. The summed E-state index contributed by atoms with van der Waals surface area (Å²) in [6, 6.07) is 7.98. The number of aromatic nitrogens is 1. The summed E-state index contributed by atoms with van der Waals surface area (Å²) in [5.74, 6) is 0. The zero-order valence-electron chi connectivity index (χ0n) is 9.60. The van der Waals surface area contributed by atoms with Gasteiger partial charge in [0.15, 0.2) is 0 Å². The summed E-state index contributed by atoms with van der Waals surface area (Å²) < 4.78 is 5.33. The first kappa shape index (κ1) is 10.7. The van der Waals surface area contributed by atoms with Crippen LogP contribution >= 0.6 is 0 Å². The number of benzene rings is 1. The first-order chi connectivity index (χ1) is 8.30. The lowest BCUT2D eigenvalue weighted by Crippen LogP contribution is -2.33. The molecule has 1 aromatic heterocycles. The lowest BCUT2D eigenvalue weighted by Gasteiger charge is -2.33. The minimum Gasteiger partial charge on any atom is -0.385 e. The van der Waals surface area contributed by atoms with Crippen LogP contribution in [0.5, 0.6) is 0 Å². The van der Waals surface area contributed by atoms with Crippen LogP contribution in [0.25, 0.3) is 10.8 Å². The predicted molar refractivity (Wildman–Crippen MR) is 65.7 cm³/mol. The van der Waals surface area contributed by atoms with Crippen molar-refractivity contribution in [2.45, 2.75) is 18.4 Å². The molecule has 0 atom stereocenters. The molecule has 0 spiro atoms. The van der Waals surface area contributed by atoms with Crippen molar-refractivity contribution in [1.82, 2.24) is 4.98 Å². The molecule has 17 heavy (non-hydrogen) atoms. The van der Waals surface area contributed by atoms with E-state index in [0.717, 1.165) is 16.3 Å². The smallest absolute Gasteiger partial charge is 0.0946 e. The van der Waals surface area contributed by atoms with Gasteiger partial charge in [-0.25, -0.2) is 0 Å². The van der Waals surface area contributed by atoms with Gasteiger partial charge >= 0.3 is 0 Å². The highest BCUT2D eigenvalue weighted by Gasteiger charge is 2.32. The van der Waals surface area contributed by atoms with Crippen molar-refractivity contribution in [3.05, 3.63) is 42.2 Å². The number of nitrogens with zero attached hydrogens (tertiary/aromatic N) is 1. The largest absolute Gasteiger partial charge is 0.385 e. The van der Waals surface area contributed by atoms with Crippen molar-refractivity contribution >= 4 is 10.8 Å². The van der Waals surface area contributed by atoms with Gasteiger partial charge in [0.2, 0.25) is 0 Å². The van der Waals surface area contributed by atoms with Crippen molar-refractivity contribution in [3.8, 4) is 0 Å². The third-order valence-corrected chi connectivity index (χ3v) is 3.50. The van der Waals surface area contributed by atoms with Crippen LogP contribution in [-0.2, 0) is 10.3 Å². The maximum atomic E-state index is 10.7. The number of rotatable bonds is 1. The second-order valence-electron chi connectivity index (χ2n) is 4.55. The van der Waals surface area contributed by atoms with Crippen LogP contribution < -0.4 is 0 Å². The average molecular weight is 229 g/mol. The van der Waals surface area contributed by atoms with E-state index in [-0.39, 0.29) is 0 Å². The van der Waals surface area contributed by atoms with Gasteiger partial charge < -0.3 is 9.84 Å². The molecule has 1 N–H and O–H groups in total. The van der Waals surface area contributed by atoms with Gasteiger partial charge in [0.1, 0.15) is 0 Å². The fourth-order valence-electron chi connectivity index (χ4n) is 2.51. The summed E-state index contributed by atoms with van der Waals surface area (Å²) in [6.45, 7) is 1.25. The van der Waals surface area contributed by atoms with Gasteiger partial charge in [-0.15, -0.1) is 0 Å². The molecular formula is C14H15NO2. The Labute approximate surface area is 100 Å². The Kier molecular flexibility index (Phi) is 2.57. The normalized spacial score (nSPS) is 19.4. The Morgan fingerprint density at radius 2 is 2.00 bits per heavy atom. The molecule has 0 bridgehead atoms. The van der Waals surface area contributed by atoms with E-state index in [1.807, 2.05) is 30.5 Å². The molecule has 88 valence electrons. The lowest BCUT2D eigenvalue weighted by atomic mass is 9.84. The third kappa shape index (κ3) is 1.81. The van der Waals surface area contributed by atoms with Crippen LogP contribution in [0.3, 0.4) is 0 Å². The molecule has 3 rings (SSSR count). The van der Waals surface area contributed by atoms with E-state index in [1.54, 1.807) is 6.20 Å². The van der Waals surface area contributed by atoms with Crippen molar-refractivity contribution in [2.75, 3.05) is 13.2 Å². The van der Waals surface area contributed by atoms with Crippen molar-refractivity contribution in [2.24, 2.45) is 0 Å². The molecule has 1 aliphatic rings. The fraction of sp³-hybridized carbons (Fsp3) is 0.357. The van der Waals surface area contributed by atoms with Gasteiger partial charge in [-0.3, -0.25) is 4.98 Å². The second-order valence-corrected chi connectivity index (χ2v) is 4.55. The van der Waals surface area contributed by atoms with Crippen LogP contribution in [0.15, 0.2) is 36.7 Å². The Bertz CT molecular complexity index is 527. The maximum Gasteiger partial charge on any atom is 0.0946 e. The Morgan fingerprint density at radius 3 is 2.82 bits per heavy atom.